The standard InChI is InChI=1S/C18H18N4O5S/c1-4-11-27-14-9-5-8-13-16(14)20-17(22(13)28(25,26)21(2)3)15-12(18(23)24)7-6-10-19-15/h4-10H,1,11H2,2-3H3,(H,23,24). The molecule has 2 heterocycles. The van der Waals surface area contributed by atoms with E-state index in [9.17, 15) is 18.3 Å². The Morgan fingerprint density at radius 2 is 2.07 bits per heavy atom. The minimum atomic E-state index is -4.04. The van der Waals surface area contributed by atoms with Crippen molar-refractivity contribution < 1.29 is 23.1 Å². The van der Waals surface area contributed by atoms with Crippen LogP contribution in [-0.2, 0) is 10.2 Å². The SMILES string of the molecule is C=CCOc1cccc2c1nc(-c1ncccc1C(=O)O)n2S(=O)(=O)N(C)C. The molecule has 146 valence electrons. The molecule has 0 radical (unpaired) electrons. The van der Waals surface area contributed by atoms with Gasteiger partial charge in [-0.15, -0.1) is 0 Å². The predicted octanol–water partition coefficient (Wildman–Crippen LogP) is 2.02. The number of pyridine rings is 1. The van der Waals surface area contributed by atoms with Crippen LogP contribution in [0, 0.1) is 0 Å². The summed E-state index contributed by atoms with van der Waals surface area (Å²) in [7, 11) is -1.29. The highest BCUT2D eigenvalue weighted by Crippen LogP contribution is 2.32. The first-order valence-electron chi connectivity index (χ1n) is 8.16. The van der Waals surface area contributed by atoms with Crippen molar-refractivity contribution in [3.63, 3.8) is 0 Å². The molecule has 1 aromatic carbocycles. The lowest BCUT2D eigenvalue weighted by molar-refractivity contribution is 0.0697. The molecular formula is C18H18N4O5S. The Morgan fingerprint density at radius 3 is 2.71 bits per heavy atom. The molecule has 0 aliphatic rings. The van der Waals surface area contributed by atoms with E-state index in [-0.39, 0.29) is 34.7 Å². The number of rotatable bonds is 7. The van der Waals surface area contributed by atoms with E-state index in [1.807, 2.05) is 0 Å². The molecule has 0 saturated carbocycles. The minimum Gasteiger partial charge on any atom is -0.487 e. The second kappa shape index (κ2) is 7.41. The molecule has 3 rings (SSSR count). The first kappa shape index (κ1) is 19.5. The van der Waals surface area contributed by atoms with Crippen LogP contribution in [0.15, 0.2) is 49.2 Å². The molecular weight excluding hydrogens is 384 g/mol. The van der Waals surface area contributed by atoms with Crippen molar-refractivity contribution in [2.45, 2.75) is 0 Å². The number of ether oxygens (including phenoxy) is 1. The quantitative estimate of drug-likeness (QED) is 0.601. The smallest absolute Gasteiger partial charge is 0.338 e. The second-order valence-corrected chi connectivity index (χ2v) is 7.91. The van der Waals surface area contributed by atoms with Gasteiger partial charge in [0.15, 0.2) is 5.82 Å². The lowest BCUT2D eigenvalue weighted by Crippen LogP contribution is -2.29. The fourth-order valence-electron chi connectivity index (χ4n) is 2.62. The maximum absolute atomic E-state index is 13.0. The molecule has 0 amide bonds. The van der Waals surface area contributed by atoms with Crippen LogP contribution in [0.4, 0.5) is 0 Å². The van der Waals surface area contributed by atoms with Crippen molar-refractivity contribution in [3.05, 3.63) is 54.7 Å². The molecule has 3 aromatic rings. The van der Waals surface area contributed by atoms with Gasteiger partial charge in [-0.3, -0.25) is 4.98 Å². The molecule has 0 aliphatic carbocycles. The van der Waals surface area contributed by atoms with Crippen LogP contribution < -0.4 is 4.74 Å². The van der Waals surface area contributed by atoms with Gasteiger partial charge >= 0.3 is 16.2 Å². The lowest BCUT2D eigenvalue weighted by atomic mass is 10.2. The van der Waals surface area contributed by atoms with Crippen LogP contribution in [0.5, 0.6) is 5.75 Å². The Balaban J connectivity index is 2.43. The van der Waals surface area contributed by atoms with Gasteiger partial charge in [-0.05, 0) is 24.3 Å². The summed E-state index contributed by atoms with van der Waals surface area (Å²) >= 11 is 0. The number of carboxylic acid groups (broad SMARTS) is 1. The molecule has 1 N–H and O–H groups in total. The van der Waals surface area contributed by atoms with Gasteiger partial charge in [0.1, 0.15) is 23.6 Å². The number of nitrogens with zero attached hydrogens (tertiary/aromatic N) is 4. The van der Waals surface area contributed by atoms with E-state index in [0.717, 1.165) is 8.28 Å². The van der Waals surface area contributed by atoms with Crippen LogP contribution in [0.2, 0.25) is 0 Å². The van der Waals surface area contributed by atoms with E-state index >= 15 is 0 Å². The molecule has 0 saturated heterocycles. The Labute approximate surface area is 161 Å². The number of benzene rings is 1. The third-order valence-corrected chi connectivity index (χ3v) is 5.66. The van der Waals surface area contributed by atoms with Crippen molar-refractivity contribution in [1.82, 2.24) is 18.2 Å². The van der Waals surface area contributed by atoms with Gasteiger partial charge in [-0.25, -0.2) is 13.8 Å². The summed E-state index contributed by atoms with van der Waals surface area (Å²) in [5.74, 6) is -1.01. The van der Waals surface area contributed by atoms with E-state index in [4.69, 9.17) is 4.74 Å². The van der Waals surface area contributed by atoms with E-state index in [1.54, 1.807) is 24.3 Å². The van der Waals surface area contributed by atoms with Gasteiger partial charge in [-0.2, -0.15) is 12.7 Å². The zero-order valence-corrected chi connectivity index (χ0v) is 16.0. The van der Waals surface area contributed by atoms with Crippen molar-refractivity contribution in [2.24, 2.45) is 0 Å². The van der Waals surface area contributed by atoms with E-state index < -0.39 is 16.2 Å². The molecule has 0 fully saturated rings. The second-order valence-electron chi connectivity index (χ2n) is 5.92. The summed E-state index contributed by atoms with van der Waals surface area (Å²) in [6.45, 7) is 3.79. The third-order valence-electron chi connectivity index (χ3n) is 3.91. The summed E-state index contributed by atoms with van der Waals surface area (Å²) in [6, 6.07) is 7.64. The van der Waals surface area contributed by atoms with Gasteiger partial charge in [0.25, 0.3) is 0 Å². The lowest BCUT2D eigenvalue weighted by Gasteiger charge is -2.15. The highest BCUT2D eigenvalue weighted by atomic mass is 32.2. The van der Waals surface area contributed by atoms with Gasteiger partial charge in [-0.1, -0.05) is 18.7 Å². The van der Waals surface area contributed by atoms with Gasteiger partial charge in [0, 0.05) is 20.3 Å². The van der Waals surface area contributed by atoms with Crippen molar-refractivity contribution in [1.29, 1.82) is 0 Å². The number of hydrogen-bond donors (Lipinski definition) is 1. The molecule has 0 atom stereocenters. The molecule has 0 bridgehead atoms. The monoisotopic (exact) mass is 402 g/mol. The summed E-state index contributed by atoms with van der Waals surface area (Å²) in [4.78, 5) is 20.1. The van der Waals surface area contributed by atoms with E-state index in [2.05, 4.69) is 16.5 Å². The topological polar surface area (TPSA) is 115 Å². The van der Waals surface area contributed by atoms with Crippen LogP contribution in [0.1, 0.15) is 10.4 Å². The number of fused-ring (bicyclic) bond motifs is 1. The molecule has 0 unspecified atom stereocenters. The fraction of sp³-hybridized carbons (Fsp3) is 0.167. The fourth-order valence-corrected chi connectivity index (χ4v) is 3.69. The van der Waals surface area contributed by atoms with Crippen LogP contribution >= 0.6 is 0 Å². The zero-order chi connectivity index (χ0) is 20.5. The van der Waals surface area contributed by atoms with Crippen molar-refractivity contribution in [2.75, 3.05) is 20.7 Å². The third kappa shape index (κ3) is 3.23. The molecule has 28 heavy (non-hydrogen) atoms. The summed E-state index contributed by atoms with van der Waals surface area (Å²) in [5, 5.41) is 9.50. The van der Waals surface area contributed by atoms with Crippen LogP contribution in [0.25, 0.3) is 22.6 Å². The highest BCUT2D eigenvalue weighted by Gasteiger charge is 2.29. The average Bonchev–Trinajstić information content (AvgIpc) is 3.06. The molecule has 2 aromatic heterocycles. The van der Waals surface area contributed by atoms with E-state index in [0.29, 0.717) is 5.75 Å². The van der Waals surface area contributed by atoms with E-state index in [1.165, 1.54) is 32.4 Å². The van der Waals surface area contributed by atoms with Crippen LogP contribution in [-0.4, -0.2) is 58.4 Å². The van der Waals surface area contributed by atoms with Gasteiger partial charge < -0.3 is 9.84 Å². The molecule has 0 aliphatic heterocycles. The number of aromatic carboxylic acids is 1. The largest absolute Gasteiger partial charge is 0.487 e. The van der Waals surface area contributed by atoms with Crippen molar-refractivity contribution in [3.8, 4) is 17.3 Å². The first-order chi connectivity index (χ1) is 13.3. The normalized spacial score (nSPS) is 11.7. The minimum absolute atomic E-state index is 0.0636. The Morgan fingerprint density at radius 1 is 1.32 bits per heavy atom. The number of carbonyl (C=O) groups is 1. The average molecular weight is 402 g/mol. The number of hydrogen-bond acceptors (Lipinski definition) is 6. The summed E-state index contributed by atoms with van der Waals surface area (Å²) in [5.41, 5.74) is 0.284. The predicted molar refractivity (Wildman–Crippen MR) is 104 cm³/mol. The van der Waals surface area contributed by atoms with Crippen molar-refractivity contribution >= 4 is 27.2 Å². The number of para-hydroxylation sites is 1. The number of imidazole rings is 1. The Hall–Kier alpha value is -3.24. The maximum Gasteiger partial charge on any atom is 0.338 e. The Kier molecular flexibility index (Phi) is 5.16. The van der Waals surface area contributed by atoms with Gasteiger partial charge in [0.05, 0.1) is 11.1 Å². The summed E-state index contributed by atoms with van der Waals surface area (Å²) < 4.78 is 33.6. The first-order valence-corrected chi connectivity index (χ1v) is 9.55. The van der Waals surface area contributed by atoms with Crippen LogP contribution in [0.3, 0.4) is 0 Å². The highest BCUT2D eigenvalue weighted by molar-refractivity contribution is 7.87. The molecule has 9 nitrogen and oxygen atoms in total. The van der Waals surface area contributed by atoms with Gasteiger partial charge in [0.2, 0.25) is 0 Å². The number of carboxylic acids is 1. The zero-order valence-electron chi connectivity index (χ0n) is 15.2. The Bertz CT molecular complexity index is 1170. The number of aromatic nitrogens is 3. The molecule has 10 heteroatoms. The molecule has 0 spiro atoms. The summed E-state index contributed by atoms with van der Waals surface area (Å²) in [6.07, 6.45) is 2.93. The maximum atomic E-state index is 13.0.